The maximum atomic E-state index is 12.7. The number of aromatic nitrogens is 1. The summed E-state index contributed by atoms with van der Waals surface area (Å²) in [5.74, 6) is 1.10. The molecule has 1 saturated heterocycles. The monoisotopic (exact) mass is 304 g/mol. The Hall–Kier alpha value is -1.33. The molecule has 0 saturated carbocycles. The molecule has 0 bridgehead atoms. The van der Waals surface area contributed by atoms with Crippen LogP contribution in [0.4, 0.5) is 0 Å². The van der Waals surface area contributed by atoms with Crippen LogP contribution in [0.15, 0.2) is 29.8 Å². The van der Waals surface area contributed by atoms with Crippen LogP contribution in [0.1, 0.15) is 31.9 Å². The van der Waals surface area contributed by atoms with Gasteiger partial charge in [-0.15, -0.1) is 23.1 Å². The van der Waals surface area contributed by atoms with Gasteiger partial charge < -0.3 is 4.90 Å². The second-order valence-corrected chi connectivity index (χ2v) is 6.94. The lowest BCUT2D eigenvalue weighted by atomic mass is 10.1. The van der Waals surface area contributed by atoms with Gasteiger partial charge >= 0.3 is 0 Å². The summed E-state index contributed by atoms with van der Waals surface area (Å²) in [6.07, 6.45) is 0. The predicted molar refractivity (Wildman–Crippen MR) is 84.3 cm³/mol. The molecule has 0 aliphatic carbocycles. The third kappa shape index (κ3) is 2.47. The Kier molecular flexibility index (Phi) is 3.81. The molecular weight excluding hydrogens is 288 g/mol. The van der Waals surface area contributed by atoms with Crippen molar-refractivity contribution in [3.05, 3.63) is 51.5 Å². The largest absolute Gasteiger partial charge is 0.321 e. The van der Waals surface area contributed by atoms with E-state index in [4.69, 9.17) is 0 Å². The highest BCUT2D eigenvalue weighted by atomic mass is 32.2. The molecule has 0 radical (unpaired) electrons. The van der Waals surface area contributed by atoms with Crippen molar-refractivity contribution >= 4 is 29.0 Å². The highest BCUT2D eigenvalue weighted by Crippen LogP contribution is 2.39. The van der Waals surface area contributed by atoms with Gasteiger partial charge in [-0.25, -0.2) is 4.98 Å². The number of thioether (sulfide) groups is 1. The molecular formula is C15H16N2OS2. The third-order valence-electron chi connectivity index (χ3n) is 3.45. The molecule has 104 valence electrons. The Balaban J connectivity index is 1.87. The Morgan fingerprint density at radius 3 is 2.70 bits per heavy atom. The second kappa shape index (κ2) is 5.58. The van der Waals surface area contributed by atoms with Crippen LogP contribution in [-0.2, 0) is 0 Å². The van der Waals surface area contributed by atoms with Gasteiger partial charge in [-0.3, -0.25) is 4.79 Å². The van der Waals surface area contributed by atoms with E-state index in [1.54, 1.807) is 5.51 Å². The molecule has 2 heterocycles. The molecule has 0 spiro atoms. The van der Waals surface area contributed by atoms with Crippen LogP contribution in [0.5, 0.6) is 0 Å². The Morgan fingerprint density at radius 1 is 1.30 bits per heavy atom. The molecule has 1 aliphatic heterocycles. The zero-order valence-electron chi connectivity index (χ0n) is 11.5. The van der Waals surface area contributed by atoms with Crippen molar-refractivity contribution in [3.63, 3.8) is 0 Å². The summed E-state index contributed by atoms with van der Waals surface area (Å²) in [6.45, 7) is 4.78. The number of carbonyl (C=O) groups is 1. The van der Waals surface area contributed by atoms with Gasteiger partial charge in [0.15, 0.2) is 0 Å². The SMILES string of the molecule is Cc1ccc(C2SCCN2C(=O)c2scnc2C)cc1. The fraction of sp³-hybridized carbons (Fsp3) is 0.333. The van der Waals surface area contributed by atoms with E-state index in [0.29, 0.717) is 0 Å². The maximum absolute atomic E-state index is 12.7. The number of rotatable bonds is 2. The van der Waals surface area contributed by atoms with Crippen LogP contribution in [0.2, 0.25) is 0 Å². The van der Waals surface area contributed by atoms with E-state index in [2.05, 4.69) is 36.2 Å². The fourth-order valence-corrected chi connectivity index (χ4v) is 4.34. The Morgan fingerprint density at radius 2 is 2.05 bits per heavy atom. The molecule has 5 heteroatoms. The average molecular weight is 304 g/mol. The first-order chi connectivity index (χ1) is 9.66. The van der Waals surface area contributed by atoms with Crippen molar-refractivity contribution in [2.75, 3.05) is 12.3 Å². The second-order valence-electron chi connectivity index (χ2n) is 4.90. The van der Waals surface area contributed by atoms with Gasteiger partial charge in [-0.05, 0) is 19.4 Å². The summed E-state index contributed by atoms with van der Waals surface area (Å²) in [5, 5.41) is 0.129. The molecule has 1 atom stereocenters. The van der Waals surface area contributed by atoms with Crippen LogP contribution < -0.4 is 0 Å². The van der Waals surface area contributed by atoms with E-state index in [0.717, 1.165) is 22.9 Å². The van der Waals surface area contributed by atoms with Crippen molar-refractivity contribution in [2.45, 2.75) is 19.2 Å². The van der Waals surface area contributed by atoms with Crippen molar-refractivity contribution in [1.29, 1.82) is 0 Å². The molecule has 0 N–H and O–H groups in total. The summed E-state index contributed by atoms with van der Waals surface area (Å²) in [7, 11) is 0. The van der Waals surface area contributed by atoms with Crippen LogP contribution >= 0.6 is 23.1 Å². The fourth-order valence-electron chi connectivity index (χ4n) is 2.32. The molecule has 3 rings (SSSR count). The summed E-state index contributed by atoms with van der Waals surface area (Å²) in [4.78, 5) is 19.6. The number of thiazole rings is 1. The van der Waals surface area contributed by atoms with Gasteiger partial charge in [0.05, 0.1) is 11.2 Å². The minimum Gasteiger partial charge on any atom is -0.321 e. The zero-order valence-corrected chi connectivity index (χ0v) is 13.1. The number of aryl methyl sites for hydroxylation is 2. The number of nitrogens with zero attached hydrogens (tertiary/aromatic N) is 2. The lowest BCUT2D eigenvalue weighted by molar-refractivity contribution is 0.0764. The smallest absolute Gasteiger partial charge is 0.267 e. The van der Waals surface area contributed by atoms with Crippen LogP contribution in [0, 0.1) is 13.8 Å². The first-order valence-electron chi connectivity index (χ1n) is 6.56. The quantitative estimate of drug-likeness (QED) is 0.849. The van der Waals surface area contributed by atoms with E-state index >= 15 is 0 Å². The Labute approximate surface area is 127 Å². The van der Waals surface area contributed by atoms with Gasteiger partial charge in [-0.2, -0.15) is 0 Å². The van der Waals surface area contributed by atoms with E-state index in [1.807, 2.05) is 23.6 Å². The topological polar surface area (TPSA) is 33.2 Å². The standard InChI is InChI=1S/C15H16N2OS2/c1-10-3-5-12(6-4-10)15-17(7-8-19-15)14(18)13-11(2)16-9-20-13/h3-6,9,15H,7-8H2,1-2H3. The van der Waals surface area contributed by atoms with Gasteiger partial charge in [0.1, 0.15) is 10.3 Å². The number of amides is 1. The van der Waals surface area contributed by atoms with E-state index in [-0.39, 0.29) is 11.3 Å². The summed E-state index contributed by atoms with van der Waals surface area (Å²) >= 11 is 3.26. The summed E-state index contributed by atoms with van der Waals surface area (Å²) < 4.78 is 0. The van der Waals surface area contributed by atoms with Crippen molar-refractivity contribution in [2.24, 2.45) is 0 Å². The van der Waals surface area contributed by atoms with Crippen LogP contribution in [0.25, 0.3) is 0 Å². The minimum absolute atomic E-state index is 0.112. The number of benzene rings is 1. The van der Waals surface area contributed by atoms with Crippen LogP contribution in [0.3, 0.4) is 0 Å². The number of hydrogen-bond donors (Lipinski definition) is 0. The Bertz CT molecular complexity index is 621. The van der Waals surface area contributed by atoms with Crippen LogP contribution in [-0.4, -0.2) is 28.1 Å². The van der Waals surface area contributed by atoms with Gasteiger partial charge in [0.25, 0.3) is 5.91 Å². The lowest BCUT2D eigenvalue weighted by Gasteiger charge is -2.23. The van der Waals surface area contributed by atoms with Crippen molar-refractivity contribution in [1.82, 2.24) is 9.88 Å². The normalized spacial score (nSPS) is 18.5. The minimum atomic E-state index is 0.112. The highest BCUT2D eigenvalue weighted by Gasteiger charge is 2.32. The first-order valence-corrected chi connectivity index (χ1v) is 8.49. The molecule has 1 aliphatic rings. The molecule has 1 aromatic carbocycles. The summed E-state index contributed by atoms with van der Waals surface area (Å²) in [6, 6.07) is 8.46. The van der Waals surface area contributed by atoms with Crippen molar-refractivity contribution in [3.8, 4) is 0 Å². The molecule has 1 aromatic heterocycles. The highest BCUT2D eigenvalue weighted by molar-refractivity contribution is 7.99. The number of carbonyl (C=O) groups excluding carboxylic acids is 1. The van der Waals surface area contributed by atoms with Gasteiger partial charge in [-0.1, -0.05) is 29.8 Å². The average Bonchev–Trinajstić information content (AvgIpc) is 3.07. The molecule has 1 amide bonds. The third-order valence-corrected chi connectivity index (χ3v) is 5.63. The zero-order chi connectivity index (χ0) is 14.1. The predicted octanol–water partition coefficient (Wildman–Crippen LogP) is 3.65. The van der Waals surface area contributed by atoms with Gasteiger partial charge in [0.2, 0.25) is 0 Å². The van der Waals surface area contributed by atoms with E-state index < -0.39 is 0 Å². The maximum Gasteiger partial charge on any atom is 0.267 e. The number of hydrogen-bond acceptors (Lipinski definition) is 4. The molecule has 20 heavy (non-hydrogen) atoms. The lowest BCUT2D eigenvalue weighted by Crippen LogP contribution is -2.30. The van der Waals surface area contributed by atoms with Crippen molar-refractivity contribution < 1.29 is 4.79 Å². The molecule has 2 aromatic rings. The molecule has 1 unspecified atom stereocenters. The van der Waals surface area contributed by atoms with Gasteiger partial charge in [0, 0.05) is 12.3 Å². The van der Waals surface area contributed by atoms with E-state index in [9.17, 15) is 4.79 Å². The first kappa shape index (κ1) is 13.6. The molecule has 1 fully saturated rings. The van der Waals surface area contributed by atoms with E-state index in [1.165, 1.54) is 22.5 Å². The molecule has 3 nitrogen and oxygen atoms in total. The summed E-state index contributed by atoms with van der Waals surface area (Å²) in [5.41, 5.74) is 5.02.